The third-order valence-electron chi connectivity index (χ3n) is 1.99. The van der Waals surface area contributed by atoms with E-state index in [9.17, 15) is 4.39 Å². The molecule has 0 fully saturated rings. The first-order chi connectivity index (χ1) is 7.13. The Morgan fingerprint density at radius 3 is 2.80 bits per heavy atom. The topological polar surface area (TPSA) is 38.7 Å². The van der Waals surface area contributed by atoms with Crippen LogP contribution in [0.5, 0.6) is 0 Å². The van der Waals surface area contributed by atoms with Crippen LogP contribution in [0.3, 0.4) is 0 Å². The third-order valence-corrected chi connectivity index (χ3v) is 2.81. The molecule has 2 rings (SSSR count). The van der Waals surface area contributed by atoms with Crippen LogP contribution in [0.4, 0.5) is 4.39 Å². The molecule has 3 nitrogen and oxygen atoms in total. The molecule has 0 aliphatic carbocycles. The predicted octanol–water partition coefficient (Wildman–Crippen LogP) is 2.85. The molecule has 2 aromatic rings. The Labute approximate surface area is 95.1 Å². The predicted molar refractivity (Wildman–Crippen MR) is 58.8 cm³/mol. The van der Waals surface area contributed by atoms with Crippen LogP contribution >= 0.6 is 23.4 Å². The molecule has 0 amide bonds. The number of fused-ring (bicyclic) bond motifs is 1. The summed E-state index contributed by atoms with van der Waals surface area (Å²) in [6, 6.07) is 0. The number of aromatic nitrogens is 3. The lowest BCUT2D eigenvalue weighted by Gasteiger charge is -2.04. The second-order valence-corrected chi connectivity index (χ2v) is 4.05. The first kappa shape index (κ1) is 10.6. The van der Waals surface area contributed by atoms with Gasteiger partial charge in [0, 0.05) is 11.6 Å². The lowest BCUT2D eigenvalue weighted by molar-refractivity contribution is 0.629. The maximum Gasteiger partial charge on any atom is 0.188 e. The van der Waals surface area contributed by atoms with E-state index in [4.69, 9.17) is 11.6 Å². The molecule has 0 aromatic carbocycles. The summed E-state index contributed by atoms with van der Waals surface area (Å²) in [5.41, 5.74) is 0.930. The molecule has 0 aliphatic heterocycles. The highest BCUT2D eigenvalue weighted by molar-refractivity contribution is 7.98. The fourth-order valence-corrected chi connectivity index (χ4v) is 1.79. The van der Waals surface area contributed by atoms with Gasteiger partial charge in [0.1, 0.15) is 5.52 Å². The summed E-state index contributed by atoms with van der Waals surface area (Å²) in [7, 11) is 0. The van der Waals surface area contributed by atoms with Crippen molar-refractivity contribution >= 4 is 34.3 Å². The molecular formula is C9H7ClFN3S. The van der Waals surface area contributed by atoms with E-state index < -0.39 is 5.82 Å². The van der Waals surface area contributed by atoms with Crippen molar-refractivity contribution in [3.63, 3.8) is 0 Å². The summed E-state index contributed by atoms with van der Waals surface area (Å²) in [4.78, 5) is 12.0. The van der Waals surface area contributed by atoms with E-state index in [1.54, 1.807) is 6.92 Å². The summed E-state index contributed by atoms with van der Waals surface area (Å²) < 4.78 is 13.6. The standard InChI is InChI=1S/C9H7ClFN3S/c1-4-5-3-12-8(10)6(11)7(5)14-9(13-4)15-2/h3H,1-2H3. The third kappa shape index (κ3) is 1.77. The number of pyridine rings is 1. The highest BCUT2D eigenvalue weighted by Gasteiger charge is 2.12. The summed E-state index contributed by atoms with van der Waals surface area (Å²) in [6.45, 7) is 1.79. The highest BCUT2D eigenvalue weighted by Crippen LogP contribution is 2.24. The maximum atomic E-state index is 13.6. The van der Waals surface area contributed by atoms with E-state index in [1.165, 1.54) is 18.0 Å². The largest absolute Gasteiger partial charge is 0.241 e. The van der Waals surface area contributed by atoms with Crippen molar-refractivity contribution in [2.24, 2.45) is 0 Å². The SMILES string of the molecule is CSc1nc(C)c2cnc(Cl)c(F)c2n1. The van der Waals surface area contributed by atoms with Gasteiger partial charge in [0.15, 0.2) is 16.1 Å². The molecule has 0 N–H and O–H groups in total. The van der Waals surface area contributed by atoms with Crippen LogP contribution in [0.1, 0.15) is 5.69 Å². The van der Waals surface area contributed by atoms with E-state index in [0.717, 1.165) is 0 Å². The van der Waals surface area contributed by atoms with Gasteiger partial charge in [0.25, 0.3) is 0 Å². The van der Waals surface area contributed by atoms with E-state index in [-0.39, 0.29) is 10.7 Å². The Bertz CT molecular complexity index is 532. The minimum Gasteiger partial charge on any atom is -0.241 e. The molecule has 15 heavy (non-hydrogen) atoms. The van der Waals surface area contributed by atoms with E-state index in [1.807, 2.05) is 6.26 Å². The van der Waals surface area contributed by atoms with Crippen molar-refractivity contribution in [3.05, 3.63) is 22.9 Å². The molecular weight excluding hydrogens is 237 g/mol. The number of thioether (sulfide) groups is 1. The highest BCUT2D eigenvalue weighted by atomic mass is 35.5. The minimum absolute atomic E-state index is 0.160. The van der Waals surface area contributed by atoms with Gasteiger partial charge in [-0.25, -0.2) is 19.3 Å². The van der Waals surface area contributed by atoms with Crippen LogP contribution < -0.4 is 0 Å². The normalized spacial score (nSPS) is 10.9. The van der Waals surface area contributed by atoms with Crippen molar-refractivity contribution in [1.29, 1.82) is 0 Å². The van der Waals surface area contributed by atoms with Crippen molar-refractivity contribution in [3.8, 4) is 0 Å². The molecule has 0 saturated heterocycles. The van der Waals surface area contributed by atoms with Crippen molar-refractivity contribution in [2.45, 2.75) is 12.1 Å². The lowest BCUT2D eigenvalue weighted by Crippen LogP contribution is -1.96. The quantitative estimate of drug-likeness (QED) is 0.439. The molecule has 0 aliphatic rings. The first-order valence-electron chi connectivity index (χ1n) is 4.16. The fourth-order valence-electron chi connectivity index (χ4n) is 1.24. The number of hydrogen-bond acceptors (Lipinski definition) is 4. The smallest absolute Gasteiger partial charge is 0.188 e. The van der Waals surface area contributed by atoms with Crippen LogP contribution in [0.25, 0.3) is 10.9 Å². The molecule has 0 saturated carbocycles. The number of halogens is 2. The van der Waals surface area contributed by atoms with Gasteiger partial charge in [-0.05, 0) is 13.2 Å². The van der Waals surface area contributed by atoms with Gasteiger partial charge in [-0.1, -0.05) is 23.4 Å². The summed E-state index contributed by atoms with van der Waals surface area (Å²) >= 11 is 6.94. The van der Waals surface area contributed by atoms with E-state index >= 15 is 0 Å². The van der Waals surface area contributed by atoms with Crippen LogP contribution in [-0.4, -0.2) is 21.2 Å². The van der Waals surface area contributed by atoms with E-state index in [0.29, 0.717) is 16.2 Å². The Hall–Kier alpha value is -0.940. The molecule has 78 valence electrons. The van der Waals surface area contributed by atoms with Crippen LogP contribution in [0.2, 0.25) is 5.15 Å². The lowest BCUT2D eigenvalue weighted by atomic mass is 10.2. The van der Waals surface area contributed by atoms with Gasteiger partial charge in [-0.15, -0.1) is 0 Å². The zero-order valence-corrected chi connectivity index (χ0v) is 9.66. The summed E-state index contributed by atoms with van der Waals surface area (Å²) in [6.07, 6.45) is 3.32. The van der Waals surface area contributed by atoms with Gasteiger partial charge < -0.3 is 0 Å². The van der Waals surface area contributed by atoms with Crippen LogP contribution in [0, 0.1) is 12.7 Å². The van der Waals surface area contributed by atoms with Gasteiger partial charge in [-0.3, -0.25) is 0 Å². The van der Waals surface area contributed by atoms with Gasteiger partial charge in [0.2, 0.25) is 0 Å². The Balaban J connectivity index is 2.86. The summed E-state index contributed by atoms with van der Waals surface area (Å²) in [5, 5.41) is 0.962. The molecule has 0 spiro atoms. The molecule has 0 bridgehead atoms. The zero-order valence-electron chi connectivity index (χ0n) is 8.08. The zero-order chi connectivity index (χ0) is 11.0. The number of nitrogens with zero attached hydrogens (tertiary/aromatic N) is 3. The minimum atomic E-state index is -0.588. The van der Waals surface area contributed by atoms with Gasteiger partial charge in [-0.2, -0.15) is 0 Å². The van der Waals surface area contributed by atoms with Crippen molar-refractivity contribution in [2.75, 3.05) is 6.26 Å². The maximum absolute atomic E-state index is 13.6. The van der Waals surface area contributed by atoms with Crippen LogP contribution in [-0.2, 0) is 0 Å². The number of rotatable bonds is 1. The van der Waals surface area contributed by atoms with Crippen LogP contribution in [0.15, 0.2) is 11.4 Å². The number of hydrogen-bond donors (Lipinski definition) is 0. The van der Waals surface area contributed by atoms with Crippen molar-refractivity contribution < 1.29 is 4.39 Å². The molecule has 2 aromatic heterocycles. The molecule has 0 atom stereocenters. The molecule has 2 heterocycles. The Morgan fingerprint density at radius 1 is 1.40 bits per heavy atom. The average molecular weight is 244 g/mol. The first-order valence-corrected chi connectivity index (χ1v) is 5.76. The van der Waals surface area contributed by atoms with Gasteiger partial charge >= 0.3 is 0 Å². The molecule has 0 radical (unpaired) electrons. The average Bonchev–Trinajstić information content (AvgIpc) is 2.23. The van der Waals surface area contributed by atoms with Crippen molar-refractivity contribution in [1.82, 2.24) is 15.0 Å². The molecule has 0 unspecified atom stereocenters. The second-order valence-electron chi connectivity index (χ2n) is 2.92. The summed E-state index contributed by atoms with van der Waals surface area (Å²) in [5.74, 6) is -0.588. The van der Waals surface area contributed by atoms with Gasteiger partial charge in [0.05, 0.1) is 5.69 Å². The van der Waals surface area contributed by atoms with E-state index in [2.05, 4.69) is 15.0 Å². The second kappa shape index (κ2) is 3.90. The Morgan fingerprint density at radius 2 is 2.13 bits per heavy atom. The molecule has 6 heteroatoms. The fraction of sp³-hybridized carbons (Fsp3) is 0.222. The monoisotopic (exact) mass is 243 g/mol. The Kier molecular flexibility index (Phi) is 2.75. The number of aryl methyl sites for hydroxylation is 1.